The first kappa shape index (κ1) is 27.9. The number of aromatic carboxylic acids is 1. The molecule has 3 N–H and O–H groups in total. The number of hydrogen-bond acceptors (Lipinski definition) is 6. The number of carbonyl (C=O) groups excluding carboxylic acids is 1. The Balaban J connectivity index is 2.17. The summed E-state index contributed by atoms with van der Waals surface area (Å²) < 4.78 is 36.8. The Bertz CT molecular complexity index is 1410. The van der Waals surface area contributed by atoms with Crippen molar-refractivity contribution in [3.05, 3.63) is 59.8 Å². The van der Waals surface area contributed by atoms with Crippen molar-refractivity contribution in [1.82, 2.24) is 14.5 Å². The van der Waals surface area contributed by atoms with Gasteiger partial charge < -0.3 is 15.2 Å². The number of carboxylic acids is 1. The number of carboxylic acid groups (broad SMARTS) is 1. The molecule has 0 saturated heterocycles. The first-order valence-corrected chi connectivity index (χ1v) is 13.3. The summed E-state index contributed by atoms with van der Waals surface area (Å²) in [7, 11) is -4.12. The molecule has 0 aliphatic rings. The molecule has 1 heterocycles. The van der Waals surface area contributed by atoms with Gasteiger partial charge >= 0.3 is 5.97 Å². The summed E-state index contributed by atoms with van der Waals surface area (Å²) >= 11 is 0. The average Bonchev–Trinajstić information content (AvgIpc) is 3.14. The number of sulfonamides is 1. The maximum atomic E-state index is 13.4. The number of aromatic nitrogens is 2. The largest absolute Gasteiger partial charge is 0.476 e. The topological polar surface area (TPSA) is 140 Å². The van der Waals surface area contributed by atoms with E-state index in [1.54, 1.807) is 58.0 Å². The van der Waals surface area contributed by atoms with E-state index in [9.17, 15) is 23.1 Å². The minimum Gasteiger partial charge on any atom is -0.476 e. The highest BCUT2D eigenvalue weighted by Gasteiger charge is 2.29. The molecule has 0 unspecified atom stereocenters. The van der Waals surface area contributed by atoms with Gasteiger partial charge in [-0.2, -0.15) is 9.78 Å². The van der Waals surface area contributed by atoms with Gasteiger partial charge in [0, 0.05) is 22.7 Å². The normalized spacial score (nSPS) is 12.7. The van der Waals surface area contributed by atoms with Crippen molar-refractivity contribution in [3.63, 3.8) is 0 Å². The van der Waals surface area contributed by atoms with Crippen LogP contribution in [0.25, 0.3) is 5.69 Å². The van der Waals surface area contributed by atoms with Gasteiger partial charge in [0.2, 0.25) is 21.8 Å². The average molecular weight is 529 g/mol. The molecule has 0 saturated carbocycles. The van der Waals surface area contributed by atoms with Crippen LogP contribution >= 0.6 is 0 Å². The SMILES string of the molecule is CC[C@H](C)C(=O)Nc1ccc(Oc2c(C)c(C(=O)O)nn2-c2ccccc2)c(S(=O)(=O)NC(C)(C)C)c1. The van der Waals surface area contributed by atoms with Gasteiger partial charge in [-0.05, 0) is 64.4 Å². The quantitative estimate of drug-likeness (QED) is 0.365. The van der Waals surface area contributed by atoms with Crippen molar-refractivity contribution >= 4 is 27.6 Å². The molecular formula is C26H32N4O6S. The van der Waals surface area contributed by atoms with Crippen molar-refractivity contribution in [1.29, 1.82) is 0 Å². The van der Waals surface area contributed by atoms with Gasteiger partial charge in [0.15, 0.2) is 5.69 Å². The molecule has 3 aromatic rings. The lowest BCUT2D eigenvalue weighted by Crippen LogP contribution is -2.40. The minimum atomic E-state index is -4.12. The van der Waals surface area contributed by atoms with Crippen molar-refractivity contribution in [2.75, 3.05) is 5.32 Å². The fourth-order valence-corrected chi connectivity index (χ4v) is 5.01. The lowest BCUT2D eigenvalue weighted by atomic mass is 10.1. The Morgan fingerprint density at radius 3 is 2.35 bits per heavy atom. The summed E-state index contributed by atoms with van der Waals surface area (Å²) in [5.41, 5.74) is 0.00458. The van der Waals surface area contributed by atoms with Gasteiger partial charge in [0.1, 0.15) is 10.6 Å². The maximum absolute atomic E-state index is 13.4. The monoisotopic (exact) mass is 528 g/mol. The van der Waals surface area contributed by atoms with Gasteiger partial charge in [-0.15, -0.1) is 0 Å². The number of carbonyl (C=O) groups is 2. The van der Waals surface area contributed by atoms with Crippen LogP contribution in [0.3, 0.4) is 0 Å². The second-order valence-electron chi connectivity index (χ2n) is 9.75. The molecule has 1 aromatic heterocycles. The Hall–Kier alpha value is -3.70. The van der Waals surface area contributed by atoms with Crippen LogP contribution < -0.4 is 14.8 Å². The molecule has 2 aromatic carbocycles. The molecule has 3 rings (SSSR count). The summed E-state index contributed by atoms with van der Waals surface area (Å²) in [4.78, 5) is 24.0. The lowest BCUT2D eigenvalue weighted by Gasteiger charge is -2.22. The van der Waals surface area contributed by atoms with Crippen LogP contribution in [0.2, 0.25) is 0 Å². The Kier molecular flexibility index (Phi) is 8.09. The number of hydrogen-bond donors (Lipinski definition) is 3. The molecular weight excluding hydrogens is 496 g/mol. The van der Waals surface area contributed by atoms with Crippen LogP contribution in [0, 0.1) is 12.8 Å². The third-order valence-corrected chi connectivity index (χ3v) is 7.26. The fourth-order valence-electron chi connectivity index (χ4n) is 3.44. The molecule has 198 valence electrons. The second-order valence-corrected chi connectivity index (χ2v) is 11.4. The van der Waals surface area contributed by atoms with Crippen molar-refractivity contribution in [2.45, 2.75) is 58.4 Å². The predicted molar refractivity (Wildman–Crippen MR) is 140 cm³/mol. The van der Waals surface area contributed by atoms with Gasteiger partial charge in [-0.1, -0.05) is 32.0 Å². The summed E-state index contributed by atoms with van der Waals surface area (Å²) in [6.45, 7) is 10.3. The predicted octanol–water partition coefficient (Wildman–Crippen LogP) is 4.73. The van der Waals surface area contributed by atoms with Crippen molar-refractivity contribution < 1.29 is 27.9 Å². The molecule has 0 radical (unpaired) electrons. The Morgan fingerprint density at radius 1 is 1.14 bits per heavy atom. The van der Waals surface area contributed by atoms with Gasteiger partial charge in [-0.25, -0.2) is 17.9 Å². The van der Waals surface area contributed by atoms with Crippen LogP contribution in [0.1, 0.15) is 57.1 Å². The molecule has 0 fully saturated rings. The smallest absolute Gasteiger partial charge is 0.356 e. The van der Waals surface area contributed by atoms with Crippen molar-refractivity contribution in [3.8, 4) is 17.3 Å². The number of nitrogens with one attached hydrogen (secondary N) is 2. The number of nitrogens with zero attached hydrogens (tertiary/aromatic N) is 2. The molecule has 11 heteroatoms. The number of ether oxygens (including phenoxy) is 1. The van der Waals surface area contributed by atoms with E-state index < -0.39 is 21.5 Å². The molecule has 10 nitrogen and oxygen atoms in total. The van der Waals surface area contributed by atoms with E-state index in [0.717, 1.165) is 0 Å². The molecule has 0 aliphatic carbocycles. The van der Waals surface area contributed by atoms with E-state index in [4.69, 9.17) is 4.74 Å². The lowest BCUT2D eigenvalue weighted by molar-refractivity contribution is -0.119. The molecule has 0 bridgehead atoms. The molecule has 1 amide bonds. The highest BCUT2D eigenvalue weighted by molar-refractivity contribution is 7.89. The number of para-hydroxylation sites is 1. The minimum absolute atomic E-state index is 0.0483. The molecule has 0 aliphatic heterocycles. The van der Waals surface area contributed by atoms with E-state index in [1.807, 2.05) is 6.92 Å². The maximum Gasteiger partial charge on any atom is 0.356 e. The van der Waals surface area contributed by atoms with Crippen LogP contribution in [-0.4, -0.2) is 40.7 Å². The van der Waals surface area contributed by atoms with E-state index in [0.29, 0.717) is 12.1 Å². The molecule has 1 atom stereocenters. The zero-order chi connectivity index (χ0) is 27.5. The summed E-state index contributed by atoms with van der Waals surface area (Å²) in [6.07, 6.45) is 0.623. The highest BCUT2D eigenvalue weighted by Crippen LogP contribution is 2.35. The summed E-state index contributed by atoms with van der Waals surface area (Å²) in [5, 5.41) is 16.6. The molecule has 0 spiro atoms. The Morgan fingerprint density at radius 2 is 1.78 bits per heavy atom. The van der Waals surface area contributed by atoms with E-state index >= 15 is 0 Å². The zero-order valence-electron chi connectivity index (χ0n) is 21.7. The fraction of sp³-hybridized carbons (Fsp3) is 0.346. The first-order chi connectivity index (χ1) is 17.2. The third-order valence-electron chi connectivity index (χ3n) is 5.48. The van der Waals surface area contributed by atoms with E-state index in [-0.39, 0.29) is 45.3 Å². The van der Waals surface area contributed by atoms with Crippen LogP contribution in [0.5, 0.6) is 11.6 Å². The first-order valence-electron chi connectivity index (χ1n) is 11.8. The highest BCUT2D eigenvalue weighted by atomic mass is 32.2. The van der Waals surface area contributed by atoms with Gasteiger partial charge in [0.05, 0.1) is 5.69 Å². The standard InChI is InChI=1S/C26H32N4O6S/c1-7-16(2)23(31)27-18-13-14-20(21(15-18)37(34,35)29-26(4,5)6)36-24-17(3)22(25(32)33)28-30(24)19-11-9-8-10-12-19/h8-16,29H,7H2,1-6H3,(H,27,31)(H,32,33)/t16-/m0/s1. The van der Waals surface area contributed by atoms with Gasteiger partial charge in [0.25, 0.3) is 0 Å². The number of amides is 1. The second kappa shape index (κ2) is 10.7. The van der Waals surface area contributed by atoms with E-state index in [2.05, 4.69) is 15.1 Å². The van der Waals surface area contributed by atoms with Gasteiger partial charge in [-0.3, -0.25) is 4.79 Å². The number of rotatable bonds is 9. The van der Waals surface area contributed by atoms with Crippen molar-refractivity contribution in [2.24, 2.45) is 5.92 Å². The van der Waals surface area contributed by atoms with Crippen LogP contribution in [0.4, 0.5) is 5.69 Å². The van der Waals surface area contributed by atoms with E-state index in [1.165, 1.54) is 29.8 Å². The number of anilines is 1. The van der Waals surface area contributed by atoms with Crippen LogP contribution in [-0.2, 0) is 14.8 Å². The Labute approximate surface area is 216 Å². The summed E-state index contributed by atoms with van der Waals surface area (Å²) in [6, 6.07) is 13.0. The zero-order valence-corrected chi connectivity index (χ0v) is 22.5. The van der Waals surface area contributed by atoms with Crippen LogP contribution in [0.15, 0.2) is 53.4 Å². The molecule has 37 heavy (non-hydrogen) atoms. The number of benzene rings is 2. The third kappa shape index (κ3) is 6.55. The summed E-state index contributed by atoms with van der Waals surface area (Å²) in [5.74, 6) is -1.77.